The van der Waals surface area contributed by atoms with E-state index in [1.54, 1.807) is 0 Å². The summed E-state index contributed by atoms with van der Waals surface area (Å²) in [5, 5.41) is -1.85. The molecule has 8 aromatic rings. The molecule has 0 bridgehead atoms. The second-order valence-electron chi connectivity index (χ2n) is 8.59. The fraction of sp³-hybridized carbons (Fsp3) is 0. The summed E-state index contributed by atoms with van der Waals surface area (Å²) < 4.78 is 180. The number of furan rings is 1. The molecule has 0 unspecified atom stereocenters. The van der Waals surface area contributed by atoms with Crippen LogP contribution in [0.15, 0.2) is 150 Å². The van der Waals surface area contributed by atoms with Crippen molar-refractivity contribution in [3.63, 3.8) is 0 Å². The number of rotatable bonds is 3. The van der Waals surface area contributed by atoms with Gasteiger partial charge in [0.05, 0.1) is 27.4 Å². The first kappa shape index (κ1) is 9.87. The molecule has 1 aromatic heterocycles. The fourth-order valence-electron chi connectivity index (χ4n) is 4.82. The predicted octanol–water partition coefficient (Wildman–Crippen LogP) is 10.9. The van der Waals surface area contributed by atoms with Gasteiger partial charge >= 0.3 is 0 Å². The van der Waals surface area contributed by atoms with Crippen LogP contribution in [0.2, 0.25) is 0 Å². The molecule has 182 valence electrons. The zero-order valence-corrected chi connectivity index (χ0v) is 19.7. The Morgan fingerprint density at radius 2 is 0.949 bits per heavy atom. The second-order valence-corrected chi connectivity index (χ2v) is 8.59. The van der Waals surface area contributed by atoms with Gasteiger partial charge in [0.1, 0.15) is 11.2 Å². The highest BCUT2D eigenvalue weighted by Gasteiger charge is 2.17. The average Bonchev–Trinajstić information content (AvgIpc) is 3.63. The zero-order valence-electron chi connectivity index (χ0n) is 39.7. The topological polar surface area (TPSA) is 13.1 Å². The van der Waals surface area contributed by atoms with Crippen molar-refractivity contribution in [2.45, 2.75) is 0 Å². The van der Waals surface area contributed by atoms with Crippen molar-refractivity contribution in [2.75, 3.05) is 0 Å². The number of para-hydroxylation sites is 1. The lowest BCUT2D eigenvalue weighted by Crippen LogP contribution is -1.91. The maximum absolute atomic E-state index is 9.29. The van der Waals surface area contributed by atoms with Gasteiger partial charge in [0, 0.05) is 10.8 Å². The van der Waals surface area contributed by atoms with E-state index in [2.05, 4.69) is 0 Å². The fourth-order valence-corrected chi connectivity index (χ4v) is 4.82. The third-order valence-electron chi connectivity index (χ3n) is 6.45. The van der Waals surface area contributed by atoms with Crippen molar-refractivity contribution in [2.24, 2.45) is 0 Å². The number of hydrogen-bond acceptors (Lipinski definition) is 1. The van der Waals surface area contributed by atoms with E-state index < -0.39 is 143 Å². The van der Waals surface area contributed by atoms with Gasteiger partial charge in [-0.3, -0.25) is 0 Å². The van der Waals surface area contributed by atoms with E-state index in [1.807, 2.05) is 0 Å². The van der Waals surface area contributed by atoms with Gasteiger partial charge in [0.2, 0.25) is 0 Å². The van der Waals surface area contributed by atoms with Crippen molar-refractivity contribution >= 4 is 43.5 Å². The molecule has 1 nitrogen and oxygen atoms in total. The summed E-state index contributed by atoms with van der Waals surface area (Å²) in [6, 6.07) is -8.03. The lowest BCUT2D eigenvalue weighted by Gasteiger charge is -2.18. The van der Waals surface area contributed by atoms with E-state index in [9.17, 15) is 4.11 Å². The molecule has 0 atom stereocenters. The van der Waals surface area contributed by atoms with Gasteiger partial charge in [0.15, 0.2) is 0 Å². The van der Waals surface area contributed by atoms with Crippen molar-refractivity contribution in [3.05, 3.63) is 145 Å². The molecular weight excluding hydrogens is 472 g/mol. The Labute approximate surface area is 254 Å². The van der Waals surface area contributed by atoms with Crippen LogP contribution in [0.1, 0.15) is 27.4 Å². The van der Waals surface area contributed by atoms with Crippen LogP contribution in [0.25, 0.3) is 76.9 Å². The molecule has 0 saturated carbocycles. The molecule has 0 radical (unpaired) electrons. The van der Waals surface area contributed by atoms with Crippen LogP contribution in [-0.2, 0) is 0 Å². The van der Waals surface area contributed by atoms with Crippen LogP contribution in [0.5, 0.6) is 0 Å². The third kappa shape index (κ3) is 3.48. The van der Waals surface area contributed by atoms with Crippen LogP contribution in [0.3, 0.4) is 0 Å². The number of fused-ring (bicyclic) bond motifs is 5. The Kier molecular flexibility index (Phi) is 2.21. The van der Waals surface area contributed by atoms with Crippen LogP contribution in [0, 0.1) is 0 Å². The molecule has 0 fully saturated rings. The van der Waals surface area contributed by atoms with Gasteiger partial charge in [-0.2, -0.15) is 0 Å². The molecule has 7 aromatic carbocycles. The molecule has 39 heavy (non-hydrogen) atoms. The monoisotopic (exact) mass is 516 g/mol. The highest BCUT2D eigenvalue weighted by atomic mass is 16.3. The Bertz CT molecular complexity index is 3170. The highest BCUT2D eigenvalue weighted by Crippen LogP contribution is 2.44. The van der Waals surface area contributed by atoms with E-state index in [1.165, 1.54) is 24.3 Å². The standard InChI is InChI=1S/C38H24O/c1-2-11-25(12-3-1)37-30-16-4-6-18-32(30)38(33-19-7-5-17-31(33)37)28-14-10-13-26(23-28)27-21-22-36-34(24-27)29-15-8-9-20-35(29)39-36/h1-24H/i1D,2D,3D,4D,5D,6D,7D,8D,9D,11D,12D,15D,16D,17D,18D,19D,20D,21D,22D,24D. The van der Waals surface area contributed by atoms with Gasteiger partial charge in [-0.05, 0) is 79.1 Å². The van der Waals surface area contributed by atoms with E-state index >= 15 is 0 Å². The minimum atomic E-state index is -0.801. The summed E-state index contributed by atoms with van der Waals surface area (Å²) in [5.74, 6) is 0. The molecule has 0 aliphatic heterocycles. The third-order valence-corrected chi connectivity index (χ3v) is 6.45. The lowest BCUT2D eigenvalue weighted by atomic mass is 9.85. The maximum Gasteiger partial charge on any atom is 0.135 e. The van der Waals surface area contributed by atoms with Gasteiger partial charge in [0.25, 0.3) is 0 Å². The first-order valence-corrected chi connectivity index (χ1v) is 11.7. The summed E-state index contributed by atoms with van der Waals surface area (Å²) >= 11 is 0. The molecule has 0 N–H and O–H groups in total. The van der Waals surface area contributed by atoms with Crippen molar-refractivity contribution < 1.29 is 31.8 Å². The molecule has 1 heterocycles. The molecule has 0 aliphatic rings. The Hall–Kier alpha value is -5.14. The molecule has 0 saturated heterocycles. The first-order chi connectivity index (χ1) is 27.7. The van der Waals surface area contributed by atoms with Crippen molar-refractivity contribution in [3.8, 4) is 33.4 Å². The normalized spacial score (nSPS) is 18.8. The summed E-state index contributed by atoms with van der Waals surface area (Å²) in [5.41, 5.74) is -1.96. The largest absolute Gasteiger partial charge is 0.456 e. The number of hydrogen-bond donors (Lipinski definition) is 0. The quantitative estimate of drug-likeness (QED) is 0.213. The smallest absolute Gasteiger partial charge is 0.135 e. The van der Waals surface area contributed by atoms with Crippen LogP contribution < -0.4 is 0 Å². The first-order valence-electron chi connectivity index (χ1n) is 21.7. The van der Waals surface area contributed by atoms with Crippen molar-refractivity contribution in [1.29, 1.82) is 0 Å². The minimum absolute atomic E-state index is 0.0320. The summed E-state index contributed by atoms with van der Waals surface area (Å²) in [4.78, 5) is 0. The summed E-state index contributed by atoms with van der Waals surface area (Å²) in [6.07, 6.45) is 0. The summed E-state index contributed by atoms with van der Waals surface area (Å²) in [6.45, 7) is 0. The maximum atomic E-state index is 9.29. The molecule has 0 amide bonds. The van der Waals surface area contributed by atoms with Gasteiger partial charge in [-0.25, -0.2) is 0 Å². The Balaban J connectivity index is 1.59. The molecular formula is C38H24O. The highest BCUT2D eigenvalue weighted by molar-refractivity contribution is 6.21. The Morgan fingerprint density at radius 1 is 0.410 bits per heavy atom. The molecule has 1 heteroatoms. The Morgan fingerprint density at radius 3 is 1.64 bits per heavy atom. The lowest BCUT2D eigenvalue weighted by molar-refractivity contribution is 0.669. The second kappa shape index (κ2) is 8.72. The predicted molar refractivity (Wildman–Crippen MR) is 165 cm³/mol. The van der Waals surface area contributed by atoms with Crippen LogP contribution in [-0.4, -0.2) is 0 Å². The molecule has 0 aliphatic carbocycles. The summed E-state index contributed by atoms with van der Waals surface area (Å²) in [7, 11) is 0. The van der Waals surface area contributed by atoms with E-state index in [0.29, 0.717) is 0 Å². The zero-order chi connectivity index (χ0) is 43.2. The van der Waals surface area contributed by atoms with E-state index in [-0.39, 0.29) is 55.0 Å². The van der Waals surface area contributed by atoms with Crippen molar-refractivity contribution in [1.82, 2.24) is 0 Å². The van der Waals surface area contributed by atoms with Gasteiger partial charge < -0.3 is 4.42 Å². The van der Waals surface area contributed by atoms with Gasteiger partial charge in [-0.15, -0.1) is 0 Å². The van der Waals surface area contributed by atoms with Crippen LogP contribution >= 0.6 is 0 Å². The SMILES string of the molecule is [2H]c1c([2H])c([2H])c(-c2c3c([2H])c([2H])c([2H])c([2H])c3c(-c3cccc(-c4c([2H])c([2H])c5oc6c([2H])c([2H])c([2H])c([2H])c6c5c4[2H])c3)c3c([2H])c([2H])c([2H])c([2H])c23)c([2H])c1[2H]. The van der Waals surface area contributed by atoms with E-state index in [4.69, 9.17) is 27.7 Å². The molecule has 0 spiro atoms. The van der Waals surface area contributed by atoms with E-state index in [0.717, 1.165) is 0 Å². The van der Waals surface area contributed by atoms with Crippen LogP contribution in [0.4, 0.5) is 0 Å². The molecule has 8 rings (SSSR count). The number of benzene rings is 7. The average molecular weight is 517 g/mol. The van der Waals surface area contributed by atoms with Gasteiger partial charge in [-0.1, -0.05) is 121 Å². The minimum Gasteiger partial charge on any atom is -0.456 e.